The number of aliphatic carboxylic acids is 1. The third-order valence-corrected chi connectivity index (χ3v) is 3.62. The SMILES string of the molecule is CCc1cccc(CC[C@@H](C(=O)O)c2ccccc2)c1. The summed E-state index contributed by atoms with van der Waals surface area (Å²) >= 11 is 0. The molecule has 0 saturated carbocycles. The van der Waals surface area contributed by atoms with Crippen LogP contribution in [-0.2, 0) is 17.6 Å². The van der Waals surface area contributed by atoms with Gasteiger partial charge in [0.1, 0.15) is 0 Å². The van der Waals surface area contributed by atoms with Crippen LogP contribution in [0.25, 0.3) is 0 Å². The molecule has 0 bridgehead atoms. The van der Waals surface area contributed by atoms with Crippen molar-refractivity contribution in [3.8, 4) is 0 Å². The minimum Gasteiger partial charge on any atom is -0.481 e. The predicted octanol–water partition coefficient (Wildman–Crippen LogP) is 4.05. The van der Waals surface area contributed by atoms with E-state index in [9.17, 15) is 9.90 Å². The Labute approximate surface area is 120 Å². The highest BCUT2D eigenvalue weighted by molar-refractivity contribution is 5.76. The van der Waals surface area contributed by atoms with Crippen LogP contribution in [0, 0.1) is 0 Å². The van der Waals surface area contributed by atoms with E-state index in [1.807, 2.05) is 36.4 Å². The number of hydrogen-bond donors (Lipinski definition) is 1. The summed E-state index contributed by atoms with van der Waals surface area (Å²) in [5.74, 6) is -1.18. The Morgan fingerprint density at radius 3 is 2.40 bits per heavy atom. The molecule has 0 aromatic heterocycles. The van der Waals surface area contributed by atoms with Gasteiger partial charge < -0.3 is 5.11 Å². The van der Waals surface area contributed by atoms with Crippen molar-refractivity contribution in [3.05, 3.63) is 71.3 Å². The first-order valence-electron chi connectivity index (χ1n) is 7.06. The van der Waals surface area contributed by atoms with Gasteiger partial charge in [-0.25, -0.2) is 0 Å². The van der Waals surface area contributed by atoms with E-state index < -0.39 is 11.9 Å². The zero-order valence-corrected chi connectivity index (χ0v) is 11.8. The summed E-state index contributed by atoms with van der Waals surface area (Å²) in [6, 6.07) is 17.9. The zero-order chi connectivity index (χ0) is 14.4. The van der Waals surface area contributed by atoms with E-state index in [0.29, 0.717) is 6.42 Å². The summed E-state index contributed by atoms with van der Waals surface area (Å²) in [5, 5.41) is 9.41. The van der Waals surface area contributed by atoms with Crippen LogP contribution in [0.15, 0.2) is 54.6 Å². The molecule has 0 aliphatic rings. The second-order valence-electron chi connectivity index (χ2n) is 5.01. The molecule has 0 radical (unpaired) electrons. The van der Waals surface area contributed by atoms with Crippen LogP contribution in [0.4, 0.5) is 0 Å². The van der Waals surface area contributed by atoms with Gasteiger partial charge in [-0.1, -0.05) is 61.5 Å². The molecule has 0 saturated heterocycles. The summed E-state index contributed by atoms with van der Waals surface area (Å²) in [7, 11) is 0. The molecular formula is C18H20O2. The smallest absolute Gasteiger partial charge is 0.310 e. The lowest BCUT2D eigenvalue weighted by Gasteiger charge is -2.13. The Kier molecular flexibility index (Phi) is 4.94. The molecule has 0 unspecified atom stereocenters. The number of benzene rings is 2. The third-order valence-electron chi connectivity index (χ3n) is 3.62. The quantitative estimate of drug-likeness (QED) is 0.858. The van der Waals surface area contributed by atoms with Crippen LogP contribution in [0.3, 0.4) is 0 Å². The lowest BCUT2D eigenvalue weighted by Crippen LogP contribution is -2.12. The third kappa shape index (κ3) is 3.70. The van der Waals surface area contributed by atoms with Crippen molar-refractivity contribution in [2.45, 2.75) is 32.1 Å². The first-order valence-corrected chi connectivity index (χ1v) is 7.06. The average Bonchev–Trinajstić information content (AvgIpc) is 2.48. The van der Waals surface area contributed by atoms with Crippen LogP contribution < -0.4 is 0 Å². The van der Waals surface area contributed by atoms with Crippen LogP contribution in [0.5, 0.6) is 0 Å². The predicted molar refractivity (Wildman–Crippen MR) is 81.0 cm³/mol. The number of hydrogen-bond acceptors (Lipinski definition) is 1. The molecule has 2 aromatic rings. The molecule has 1 N–H and O–H groups in total. The first-order chi connectivity index (χ1) is 9.70. The highest BCUT2D eigenvalue weighted by Crippen LogP contribution is 2.22. The normalized spacial score (nSPS) is 12.1. The number of carbonyl (C=O) groups is 1. The maximum Gasteiger partial charge on any atom is 0.310 e. The van der Waals surface area contributed by atoms with Crippen molar-refractivity contribution in [1.29, 1.82) is 0 Å². The highest BCUT2D eigenvalue weighted by Gasteiger charge is 2.19. The van der Waals surface area contributed by atoms with Crippen LogP contribution in [-0.4, -0.2) is 11.1 Å². The van der Waals surface area contributed by atoms with E-state index in [1.54, 1.807) is 0 Å². The number of aryl methyl sites for hydroxylation is 2. The molecule has 1 atom stereocenters. The minimum absolute atomic E-state index is 0.429. The lowest BCUT2D eigenvalue weighted by atomic mass is 9.92. The van der Waals surface area contributed by atoms with Crippen molar-refractivity contribution >= 4 is 5.97 Å². The second-order valence-corrected chi connectivity index (χ2v) is 5.01. The number of carboxylic acid groups (broad SMARTS) is 1. The lowest BCUT2D eigenvalue weighted by molar-refractivity contribution is -0.138. The van der Waals surface area contributed by atoms with Crippen molar-refractivity contribution in [2.24, 2.45) is 0 Å². The average molecular weight is 268 g/mol. The molecule has 2 nitrogen and oxygen atoms in total. The molecule has 20 heavy (non-hydrogen) atoms. The van der Waals surface area contributed by atoms with Crippen LogP contribution >= 0.6 is 0 Å². The van der Waals surface area contributed by atoms with Crippen LogP contribution in [0.1, 0.15) is 36.0 Å². The van der Waals surface area contributed by atoms with E-state index in [1.165, 1.54) is 11.1 Å². The van der Waals surface area contributed by atoms with E-state index in [-0.39, 0.29) is 0 Å². The van der Waals surface area contributed by atoms with E-state index >= 15 is 0 Å². The maximum atomic E-state index is 11.4. The Balaban J connectivity index is 2.08. The molecule has 2 heteroatoms. The van der Waals surface area contributed by atoms with Gasteiger partial charge in [-0.3, -0.25) is 4.79 Å². The van der Waals surface area contributed by atoms with Gasteiger partial charge in [0.25, 0.3) is 0 Å². The molecule has 2 aromatic carbocycles. The monoisotopic (exact) mass is 268 g/mol. The van der Waals surface area contributed by atoms with E-state index in [2.05, 4.69) is 25.1 Å². The summed E-state index contributed by atoms with van der Waals surface area (Å²) in [5.41, 5.74) is 3.40. The fourth-order valence-corrected chi connectivity index (χ4v) is 2.43. The second kappa shape index (κ2) is 6.90. The molecule has 0 heterocycles. The van der Waals surface area contributed by atoms with Crippen molar-refractivity contribution in [3.63, 3.8) is 0 Å². The van der Waals surface area contributed by atoms with E-state index in [4.69, 9.17) is 0 Å². The van der Waals surface area contributed by atoms with Gasteiger partial charge in [-0.05, 0) is 36.0 Å². The van der Waals surface area contributed by atoms with Gasteiger partial charge in [0, 0.05) is 0 Å². The Morgan fingerprint density at radius 2 is 1.75 bits per heavy atom. The topological polar surface area (TPSA) is 37.3 Å². The zero-order valence-electron chi connectivity index (χ0n) is 11.8. The van der Waals surface area contributed by atoms with Crippen molar-refractivity contribution < 1.29 is 9.90 Å². The molecule has 104 valence electrons. The van der Waals surface area contributed by atoms with Gasteiger partial charge in [0.2, 0.25) is 0 Å². The molecule has 0 aliphatic heterocycles. The van der Waals surface area contributed by atoms with Gasteiger partial charge in [-0.15, -0.1) is 0 Å². The van der Waals surface area contributed by atoms with Crippen molar-refractivity contribution in [2.75, 3.05) is 0 Å². The molecule has 0 aliphatic carbocycles. The molecule has 0 amide bonds. The van der Waals surface area contributed by atoms with Crippen LogP contribution in [0.2, 0.25) is 0 Å². The van der Waals surface area contributed by atoms with Gasteiger partial charge in [-0.2, -0.15) is 0 Å². The minimum atomic E-state index is -0.747. The Morgan fingerprint density at radius 1 is 1.05 bits per heavy atom. The summed E-state index contributed by atoms with van der Waals surface area (Å²) in [6.45, 7) is 2.13. The molecular weight excluding hydrogens is 248 g/mol. The van der Waals surface area contributed by atoms with Gasteiger partial charge >= 0.3 is 5.97 Å². The summed E-state index contributed by atoms with van der Waals surface area (Å²) < 4.78 is 0. The number of rotatable bonds is 6. The standard InChI is InChI=1S/C18H20O2/c1-2-14-7-6-8-15(13-14)11-12-17(18(19)20)16-9-4-3-5-10-16/h3-10,13,17H,2,11-12H2,1H3,(H,19,20)/t17-/m1/s1. The summed E-state index contributed by atoms with van der Waals surface area (Å²) in [4.78, 5) is 11.4. The maximum absolute atomic E-state index is 11.4. The Hall–Kier alpha value is -2.09. The van der Waals surface area contributed by atoms with Crippen molar-refractivity contribution in [1.82, 2.24) is 0 Å². The van der Waals surface area contributed by atoms with Gasteiger partial charge in [0.15, 0.2) is 0 Å². The highest BCUT2D eigenvalue weighted by atomic mass is 16.4. The molecule has 0 spiro atoms. The molecule has 2 rings (SSSR count). The van der Waals surface area contributed by atoms with E-state index in [0.717, 1.165) is 18.4 Å². The first kappa shape index (κ1) is 14.3. The number of carboxylic acids is 1. The molecule has 0 fully saturated rings. The Bertz CT molecular complexity index is 561. The van der Waals surface area contributed by atoms with Gasteiger partial charge in [0.05, 0.1) is 5.92 Å². The largest absolute Gasteiger partial charge is 0.481 e. The fourth-order valence-electron chi connectivity index (χ4n) is 2.43. The fraction of sp³-hybridized carbons (Fsp3) is 0.278. The summed E-state index contributed by atoms with van der Waals surface area (Å²) in [6.07, 6.45) is 2.43.